The van der Waals surface area contributed by atoms with Crippen molar-refractivity contribution < 1.29 is 0 Å². The Morgan fingerprint density at radius 3 is 2.83 bits per heavy atom. The van der Waals surface area contributed by atoms with E-state index >= 15 is 0 Å². The molecule has 0 bridgehead atoms. The maximum atomic E-state index is 5.78. The molecule has 64 valence electrons. The summed E-state index contributed by atoms with van der Waals surface area (Å²) in [7, 11) is 0. The van der Waals surface area contributed by atoms with Gasteiger partial charge >= 0.3 is 0 Å². The van der Waals surface area contributed by atoms with Gasteiger partial charge in [-0.05, 0) is 17.5 Å². The van der Waals surface area contributed by atoms with Crippen molar-refractivity contribution >= 4 is 11.6 Å². The van der Waals surface area contributed by atoms with Gasteiger partial charge in [-0.3, -0.25) is 0 Å². The third-order valence-corrected chi connectivity index (χ3v) is 2.72. The van der Waals surface area contributed by atoms with Crippen LogP contribution in [0, 0.1) is 0 Å². The van der Waals surface area contributed by atoms with Crippen LogP contribution in [0.2, 0.25) is 0 Å². The van der Waals surface area contributed by atoms with Crippen molar-refractivity contribution in [1.82, 2.24) is 5.32 Å². The lowest BCUT2D eigenvalue weighted by atomic mass is 9.97. The monoisotopic (exact) mass is 181 g/mol. The Kier molecular flexibility index (Phi) is 2.33. The predicted molar refractivity (Wildman–Crippen MR) is 51.5 cm³/mol. The second-order valence-corrected chi connectivity index (χ2v) is 3.51. The Hall–Kier alpha value is -0.530. The average Bonchev–Trinajstić information content (AvgIpc) is 2.17. The van der Waals surface area contributed by atoms with Crippen LogP contribution >= 0.6 is 11.6 Å². The van der Waals surface area contributed by atoms with Crippen molar-refractivity contribution in [2.75, 3.05) is 5.88 Å². The maximum absolute atomic E-state index is 5.78. The molecule has 0 aliphatic carbocycles. The third kappa shape index (κ3) is 1.47. The fourth-order valence-corrected chi connectivity index (χ4v) is 1.85. The summed E-state index contributed by atoms with van der Waals surface area (Å²) < 4.78 is 0. The Morgan fingerprint density at radius 1 is 1.33 bits per heavy atom. The molecule has 0 amide bonds. The van der Waals surface area contributed by atoms with E-state index in [1.54, 1.807) is 0 Å². The summed E-state index contributed by atoms with van der Waals surface area (Å²) in [5, 5.41) is 3.39. The Bertz CT molecular complexity index is 272. The lowest BCUT2D eigenvalue weighted by molar-refractivity contribution is 0.518. The number of nitrogens with one attached hydrogen (secondary N) is 1. The number of alkyl halides is 1. The SMILES string of the molecule is ClCC1Cc2ccccc2CN1. The molecule has 0 radical (unpaired) electrons. The van der Waals surface area contributed by atoms with E-state index in [0.717, 1.165) is 13.0 Å². The summed E-state index contributed by atoms with van der Waals surface area (Å²) in [5.41, 5.74) is 2.86. The molecule has 0 spiro atoms. The summed E-state index contributed by atoms with van der Waals surface area (Å²) in [6.45, 7) is 0.966. The molecule has 2 rings (SSSR count). The molecule has 1 heterocycles. The smallest absolute Gasteiger partial charge is 0.0380 e. The van der Waals surface area contributed by atoms with Crippen LogP contribution < -0.4 is 5.32 Å². The molecule has 0 saturated carbocycles. The van der Waals surface area contributed by atoms with Crippen LogP contribution in [-0.4, -0.2) is 11.9 Å². The van der Waals surface area contributed by atoms with E-state index in [9.17, 15) is 0 Å². The Morgan fingerprint density at radius 2 is 2.08 bits per heavy atom. The van der Waals surface area contributed by atoms with Gasteiger partial charge in [-0.2, -0.15) is 0 Å². The quantitative estimate of drug-likeness (QED) is 0.653. The van der Waals surface area contributed by atoms with Gasteiger partial charge in [-0.1, -0.05) is 24.3 Å². The van der Waals surface area contributed by atoms with Gasteiger partial charge in [-0.25, -0.2) is 0 Å². The van der Waals surface area contributed by atoms with E-state index in [0.29, 0.717) is 11.9 Å². The molecule has 1 aromatic carbocycles. The molecule has 12 heavy (non-hydrogen) atoms. The van der Waals surface area contributed by atoms with Gasteiger partial charge in [0, 0.05) is 18.5 Å². The van der Waals surface area contributed by atoms with Crippen LogP contribution in [0.5, 0.6) is 0 Å². The largest absolute Gasteiger partial charge is 0.308 e. The van der Waals surface area contributed by atoms with Gasteiger partial charge in [0.1, 0.15) is 0 Å². The number of fused-ring (bicyclic) bond motifs is 1. The van der Waals surface area contributed by atoms with E-state index in [2.05, 4.69) is 29.6 Å². The molecule has 1 atom stereocenters. The Balaban J connectivity index is 2.23. The van der Waals surface area contributed by atoms with Crippen LogP contribution in [0.1, 0.15) is 11.1 Å². The molecule has 0 saturated heterocycles. The second kappa shape index (κ2) is 3.46. The zero-order chi connectivity index (χ0) is 8.39. The highest BCUT2D eigenvalue weighted by Gasteiger charge is 2.15. The summed E-state index contributed by atoms with van der Waals surface area (Å²) in [6, 6.07) is 9.00. The number of halogens is 1. The number of hydrogen-bond donors (Lipinski definition) is 1. The van der Waals surface area contributed by atoms with Crippen molar-refractivity contribution in [3.8, 4) is 0 Å². The lowest BCUT2D eigenvalue weighted by Gasteiger charge is -2.24. The normalized spacial score (nSPS) is 21.9. The molecule has 0 fully saturated rings. The number of hydrogen-bond acceptors (Lipinski definition) is 1. The van der Waals surface area contributed by atoms with Crippen molar-refractivity contribution in [3.05, 3.63) is 35.4 Å². The van der Waals surface area contributed by atoms with Crippen molar-refractivity contribution in [1.29, 1.82) is 0 Å². The first-order valence-electron chi connectivity index (χ1n) is 4.26. The zero-order valence-electron chi connectivity index (χ0n) is 6.89. The fraction of sp³-hybridized carbons (Fsp3) is 0.400. The zero-order valence-corrected chi connectivity index (χ0v) is 7.64. The fourth-order valence-electron chi connectivity index (χ4n) is 1.63. The third-order valence-electron chi connectivity index (χ3n) is 2.35. The van der Waals surface area contributed by atoms with Gasteiger partial charge < -0.3 is 5.32 Å². The van der Waals surface area contributed by atoms with Crippen molar-refractivity contribution in [3.63, 3.8) is 0 Å². The van der Waals surface area contributed by atoms with E-state index in [4.69, 9.17) is 11.6 Å². The molecule has 1 nitrogen and oxygen atoms in total. The standard InChI is InChI=1S/C10H12ClN/c11-6-10-5-8-3-1-2-4-9(8)7-12-10/h1-4,10,12H,5-7H2. The summed E-state index contributed by atoms with van der Waals surface area (Å²) in [6.07, 6.45) is 1.07. The van der Waals surface area contributed by atoms with Crippen LogP contribution in [0.4, 0.5) is 0 Å². The summed E-state index contributed by atoms with van der Waals surface area (Å²) in [5.74, 6) is 0.703. The Labute approximate surface area is 77.7 Å². The molecule has 1 aromatic rings. The second-order valence-electron chi connectivity index (χ2n) is 3.20. The van der Waals surface area contributed by atoms with Crippen LogP contribution in [0.3, 0.4) is 0 Å². The van der Waals surface area contributed by atoms with E-state index in [-0.39, 0.29) is 0 Å². The molecule has 1 aliphatic heterocycles. The number of benzene rings is 1. The van der Waals surface area contributed by atoms with Crippen LogP contribution in [0.25, 0.3) is 0 Å². The first-order chi connectivity index (χ1) is 5.90. The highest BCUT2D eigenvalue weighted by Crippen LogP contribution is 2.16. The molecule has 0 aromatic heterocycles. The molecular formula is C10H12ClN. The van der Waals surface area contributed by atoms with E-state index in [1.165, 1.54) is 11.1 Å². The van der Waals surface area contributed by atoms with Crippen molar-refractivity contribution in [2.24, 2.45) is 0 Å². The predicted octanol–water partition coefficient (Wildman–Crippen LogP) is 1.94. The highest BCUT2D eigenvalue weighted by molar-refractivity contribution is 6.18. The first kappa shape index (κ1) is 8.09. The van der Waals surface area contributed by atoms with Crippen LogP contribution in [-0.2, 0) is 13.0 Å². The molecular weight excluding hydrogens is 170 g/mol. The van der Waals surface area contributed by atoms with E-state index < -0.39 is 0 Å². The average molecular weight is 182 g/mol. The van der Waals surface area contributed by atoms with Gasteiger partial charge in [0.25, 0.3) is 0 Å². The topological polar surface area (TPSA) is 12.0 Å². The molecule has 1 unspecified atom stereocenters. The van der Waals surface area contributed by atoms with Gasteiger partial charge in [-0.15, -0.1) is 11.6 Å². The van der Waals surface area contributed by atoms with E-state index in [1.807, 2.05) is 0 Å². The van der Waals surface area contributed by atoms with Gasteiger partial charge in [0.05, 0.1) is 0 Å². The minimum atomic E-state index is 0.460. The minimum Gasteiger partial charge on any atom is -0.308 e. The van der Waals surface area contributed by atoms with Gasteiger partial charge in [0.2, 0.25) is 0 Å². The number of rotatable bonds is 1. The molecule has 1 N–H and O–H groups in total. The molecule has 2 heteroatoms. The molecule has 1 aliphatic rings. The maximum Gasteiger partial charge on any atom is 0.0380 e. The summed E-state index contributed by atoms with van der Waals surface area (Å²) in [4.78, 5) is 0. The van der Waals surface area contributed by atoms with Crippen LogP contribution in [0.15, 0.2) is 24.3 Å². The first-order valence-corrected chi connectivity index (χ1v) is 4.79. The lowest BCUT2D eigenvalue weighted by Crippen LogP contribution is -2.36. The minimum absolute atomic E-state index is 0.460. The van der Waals surface area contributed by atoms with Crippen molar-refractivity contribution in [2.45, 2.75) is 19.0 Å². The highest BCUT2D eigenvalue weighted by atomic mass is 35.5. The van der Waals surface area contributed by atoms with Gasteiger partial charge in [0.15, 0.2) is 0 Å². The summed E-state index contributed by atoms with van der Waals surface area (Å²) >= 11 is 5.78.